The van der Waals surface area contributed by atoms with E-state index in [0.29, 0.717) is 0 Å². The highest BCUT2D eigenvalue weighted by Crippen LogP contribution is 2.39. The lowest BCUT2D eigenvalue weighted by Crippen LogP contribution is -2.16. The van der Waals surface area contributed by atoms with Crippen LogP contribution in [0.25, 0.3) is 44.5 Å². The lowest BCUT2D eigenvalue weighted by atomic mass is 9.88. The van der Waals surface area contributed by atoms with Crippen molar-refractivity contribution in [3.63, 3.8) is 0 Å². The zero-order valence-corrected chi connectivity index (χ0v) is 46.6. The monoisotopic (exact) mass is 1020 g/mol. The van der Waals surface area contributed by atoms with Gasteiger partial charge in [0.25, 0.3) is 0 Å². The Bertz CT molecular complexity index is 3420. The van der Waals surface area contributed by atoms with Gasteiger partial charge in [0, 0.05) is 42.5 Å². The molecule has 0 aliphatic heterocycles. The molecule has 0 saturated heterocycles. The molecule has 0 atom stereocenters. The molecule has 0 aromatic heterocycles. The molecule has 69 heavy (non-hydrogen) atoms. The van der Waals surface area contributed by atoms with Gasteiger partial charge in [0.15, 0.2) is 0 Å². The Labute approximate surface area is 429 Å². The van der Waals surface area contributed by atoms with Crippen LogP contribution in [0.3, 0.4) is 0 Å². The van der Waals surface area contributed by atoms with Crippen molar-refractivity contribution in [1.29, 1.82) is 0 Å². The van der Waals surface area contributed by atoms with Gasteiger partial charge in [0.1, 0.15) is 8.07 Å². The second-order valence-corrected chi connectivity index (χ2v) is 29.8. The average molecular weight is 1030 g/mol. The van der Waals surface area contributed by atoms with Gasteiger partial charge in [-0.25, -0.2) is 0 Å². The third-order valence-corrected chi connectivity index (χ3v) is 14.8. The van der Waals surface area contributed by atoms with Gasteiger partial charge in [-0.15, -0.1) is 5.54 Å². The Hall–Kier alpha value is -6.01. The quantitative estimate of drug-likeness (QED) is 0.0807. The molecule has 344 valence electrons. The van der Waals surface area contributed by atoms with Gasteiger partial charge < -0.3 is 0 Å². The van der Waals surface area contributed by atoms with Crippen molar-refractivity contribution in [2.45, 2.75) is 124 Å². The van der Waals surface area contributed by atoms with E-state index in [0.717, 1.165) is 72.3 Å². The van der Waals surface area contributed by atoms with Crippen LogP contribution < -0.4 is 0 Å². The van der Waals surface area contributed by atoms with E-state index in [1.807, 2.05) is 0 Å². The fourth-order valence-electron chi connectivity index (χ4n) is 8.74. The molecule has 0 spiro atoms. The molecule has 0 fully saturated rings. The van der Waals surface area contributed by atoms with Gasteiger partial charge >= 0.3 is 0 Å². The molecular weight excluding hydrogens is 960 g/mol. The summed E-state index contributed by atoms with van der Waals surface area (Å²) in [7, 11) is -1.62. The zero-order chi connectivity index (χ0) is 49.8. The maximum Gasteiger partial charge on any atom is 0.129 e. The van der Waals surface area contributed by atoms with Crippen molar-refractivity contribution < 1.29 is 0 Å². The molecule has 0 heterocycles. The Morgan fingerprint density at radius 2 is 0.493 bits per heavy atom. The number of halogens is 1. The summed E-state index contributed by atoms with van der Waals surface area (Å²) in [6.45, 7) is 34.0. The molecule has 8 rings (SSSR count). The first kappa shape index (κ1) is 49.4. The van der Waals surface area contributed by atoms with E-state index >= 15 is 0 Å². The molecule has 0 aromatic carbocycles. The predicted octanol–water partition coefficient (Wildman–Crippen LogP) is 17.3. The SMILES string of the molecule is CC(C)(C)c1ccc2c(I)cc(C#Cc3cc(C#Cc4cc(C#Cc5cc(C#C[Si](C)(C)C)c6ccc(C(C)(C)C)ccc5-6)c5ccc(C(C)(C)C)ccc4-5)c4ccc(C(C)(C)C)ccc3-4)c-2cc1. The van der Waals surface area contributed by atoms with Crippen LogP contribution in [0.5, 0.6) is 0 Å². The van der Waals surface area contributed by atoms with Gasteiger partial charge in [-0.05, 0) is 135 Å². The molecule has 0 unspecified atom stereocenters. The Balaban J connectivity index is 1.28. The molecule has 2 heteroatoms. The molecule has 0 amide bonds. The number of hydrogen-bond acceptors (Lipinski definition) is 0. The second-order valence-electron chi connectivity index (χ2n) is 23.9. The minimum atomic E-state index is -1.62. The number of rotatable bonds is 0. The van der Waals surface area contributed by atoms with Gasteiger partial charge in [-0.3, -0.25) is 0 Å². The highest BCUT2D eigenvalue weighted by atomic mass is 127. The molecular formula is C67H65ISi. The summed E-state index contributed by atoms with van der Waals surface area (Å²) in [5.41, 5.74) is 24.8. The van der Waals surface area contributed by atoms with E-state index in [4.69, 9.17) is 0 Å². The Morgan fingerprint density at radius 1 is 0.290 bits per heavy atom. The predicted molar refractivity (Wildman–Crippen MR) is 308 cm³/mol. The first-order chi connectivity index (χ1) is 32.2. The van der Waals surface area contributed by atoms with E-state index in [9.17, 15) is 0 Å². The first-order valence-electron chi connectivity index (χ1n) is 24.3. The molecule has 0 bridgehead atoms. The molecule has 0 nitrogen and oxygen atoms in total. The third kappa shape index (κ3) is 10.9. The van der Waals surface area contributed by atoms with Crippen LogP contribution in [-0.4, -0.2) is 8.07 Å². The number of fused-ring (bicyclic) bond motifs is 4. The maximum absolute atomic E-state index is 3.68. The van der Waals surface area contributed by atoms with Crippen LogP contribution in [0.2, 0.25) is 19.6 Å². The van der Waals surface area contributed by atoms with Crippen molar-refractivity contribution >= 4 is 30.7 Å². The van der Waals surface area contributed by atoms with Crippen LogP contribution in [0, 0.1) is 50.6 Å². The molecule has 0 radical (unpaired) electrons. The van der Waals surface area contributed by atoms with Crippen LogP contribution in [0.15, 0.2) is 121 Å². The molecule has 0 aromatic rings. The summed E-state index contributed by atoms with van der Waals surface area (Å²) in [5, 5.41) is 0. The topological polar surface area (TPSA) is 0 Å². The van der Waals surface area contributed by atoms with Crippen LogP contribution in [-0.2, 0) is 21.7 Å². The number of hydrogen-bond donors (Lipinski definition) is 0. The lowest BCUT2D eigenvalue weighted by molar-refractivity contribution is 0.590. The van der Waals surface area contributed by atoms with E-state index in [1.165, 1.54) is 37.0 Å². The molecule has 0 saturated carbocycles. The molecule has 8 aliphatic rings. The van der Waals surface area contributed by atoms with E-state index in [2.05, 4.69) is 294 Å². The van der Waals surface area contributed by atoms with Crippen molar-refractivity contribution in [3.05, 3.63) is 186 Å². The van der Waals surface area contributed by atoms with Gasteiger partial charge in [0.2, 0.25) is 0 Å². The minimum absolute atomic E-state index is 0.0157. The van der Waals surface area contributed by atoms with Crippen molar-refractivity contribution in [1.82, 2.24) is 0 Å². The minimum Gasteiger partial charge on any atom is -0.127 e. The normalized spacial score (nSPS) is 12.2. The summed E-state index contributed by atoms with van der Waals surface area (Å²) in [6, 6.07) is 44.8. The summed E-state index contributed by atoms with van der Waals surface area (Å²) >= 11 is 2.45. The Morgan fingerprint density at radius 3 is 0.725 bits per heavy atom. The molecule has 0 N–H and O–H groups in total. The van der Waals surface area contributed by atoms with Gasteiger partial charge in [0.05, 0.1) is 0 Å². The highest BCUT2D eigenvalue weighted by Gasteiger charge is 2.22. The summed E-state index contributed by atoms with van der Waals surface area (Å²) in [5.74, 6) is 25.5. The van der Waals surface area contributed by atoms with Crippen LogP contribution in [0.1, 0.15) is 144 Å². The van der Waals surface area contributed by atoms with Gasteiger partial charge in [-0.2, -0.15) is 0 Å². The fraction of sp³-hybridized carbons (Fsp3) is 0.284. The summed E-state index contributed by atoms with van der Waals surface area (Å²) in [4.78, 5) is 0. The summed E-state index contributed by atoms with van der Waals surface area (Å²) in [6.07, 6.45) is 0. The first-order valence-corrected chi connectivity index (χ1v) is 28.9. The largest absolute Gasteiger partial charge is 0.129 e. The fourth-order valence-corrected chi connectivity index (χ4v) is 10.0. The van der Waals surface area contributed by atoms with E-state index < -0.39 is 8.07 Å². The maximum atomic E-state index is 3.68. The van der Waals surface area contributed by atoms with Crippen molar-refractivity contribution in [2.75, 3.05) is 0 Å². The van der Waals surface area contributed by atoms with Crippen LogP contribution >= 0.6 is 22.6 Å². The van der Waals surface area contributed by atoms with Crippen molar-refractivity contribution in [2.24, 2.45) is 0 Å². The standard InChI is InChI=1S/C67H65ISi/c1-64(2,3)51-22-30-55-44(40-46(56(55)31-23-51)18-19-48-42-50(38-39-69(13,14)15)60-35-27-53(66(7,8)9)26-34-59(48)60)16-17-45-41-47(58-33-25-52(65(4,5)6)24-32-57(45)58)20-21-49-43-63(68)62-37-29-54(67(10,11)12)28-36-61(49)62/h22-37,40-43H,1-15H3. The smallest absolute Gasteiger partial charge is 0.127 e. The second kappa shape index (κ2) is 18.4. The summed E-state index contributed by atoms with van der Waals surface area (Å²) < 4.78 is 1.21. The van der Waals surface area contributed by atoms with Crippen LogP contribution in [0.4, 0.5) is 0 Å². The molecule has 8 aliphatic carbocycles. The third-order valence-electron chi connectivity index (χ3n) is 13.1. The van der Waals surface area contributed by atoms with E-state index in [-0.39, 0.29) is 21.7 Å². The lowest BCUT2D eigenvalue weighted by Gasteiger charge is -2.17. The highest BCUT2D eigenvalue weighted by molar-refractivity contribution is 14.1. The van der Waals surface area contributed by atoms with Gasteiger partial charge in [-0.1, -0.05) is 241 Å². The van der Waals surface area contributed by atoms with Crippen molar-refractivity contribution in [3.8, 4) is 91.5 Å². The zero-order valence-electron chi connectivity index (χ0n) is 43.4. The average Bonchev–Trinajstić information content (AvgIpc) is 3.63. The van der Waals surface area contributed by atoms with E-state index in [1.54, 1.807) is 0 Å². The Kier molecular flexibility index (Phi) is 13.2.